The van der Waals surface area contributed by atoms with E-state index in [-0.39, 0.29) is 30.9 Å². The van der Waals surface area contributed by atoms with Crippen LogP contribution in [0.25, 0.3) is 0 Å². The van der Waals surface area contributed by atoms with Gasteiger partial charge in [-0.2, -0.15) is 0 Å². The number of carbonyl (C=O) groups is 2. The van der Waals surface area contributed by atoms with Crippen molar-refractivity contribution < 1.29 is 14.3 Å². The third-order valence-corrected chi connectivity index (χ3v) is 5.35. The second-order valence-electron chi connectivity index (χ2n) is 7.31. The van der Waals surface area contributed by atoms with Crippen molar-refractivity contribution in [2.45, 2.75) is 46.2 Å². The Kier molecular flexibility index (Phi) is 9.00. The molecule has 0 heterocycles. The number of benzene rings is 2. The molecule has 0 saturated carbocycles. The highest BCUT2D eigenvalue weighted by atomic mass is 35.5. The molecule has 0 fully saturated rings. The standard InChI is InChI=1S/C23H28Cl2N2O3/c1-5-26-23(29)16(4)27(13-17-10-11-18(24)12-20(17)25)22(28)14-30-21-9-7-6-8-19(21)15(2)3/h6-12,15-16H,5,13-14H2,1-4H3,(H,26,29). The van der Waals surface area contributed by atoms with Crippen LogP contribution in [0.4, 0.5) is 0 Å². The molecular formula is C23H28Cl2N2O3. The Morgan fingerprint density at radius 2 is 1.80 bits per heavy atom. The lowest BCUT2D eigenvalue weighted by molar-refractivity contribution is -0.142. The van der Waals surface area contributed by atoms with Gasteiger partial charge in [0, 0.05) is 23.1 Å². The van der Waals surface area contributed by atoms with Crippen LogP contribution in [-0.2, 0) is 16.1 Å². The minimum Gasteiger partial charge on any atom is -0.483 e. The van der Waals surface area contributed by atoms with Crippen molar-refractivity contribution in [3.8, 4) is 5.75 Å². The van der Waals surface area contributed by atoms with Gasteiger partial charge in [-0.15, -0.1) is 0 Å². The molecule has 1 N–H and O–H groups in total. The van der Waals surface area contributed by atoms with E-state index >= 15 is 0 Å². The number of nitrogens with zero attached hydrogens (tertiary/aromatic N) is 1. The monoisotopic (exact) mass is 450 g/mol. The SMILES string of the molecule is CCNC(=O)C(C)N(Cc1ccc(Cl)cc1Cl)C(=O)COc1ccccc1C(C)C. The highest BCUT2D eigenvalue weighted by molar-refractivity contribution is 6.35. The van der Waals surface area contributed by atoms with Crippen LogP contribution in [0.3, 0.4) is 0 Å². The van der Waals surface area contributed by atoms with Gasteiger partial charge in [-0.1, -0.05) is 61.3 Å². The van der Waals surface area contributed by atoms with Gasteiger partial charge < -0.3 is 15.0 Å². The van der Waals surface area contributed by atoms with Crippen molar-refractivity contribution in [3.05, 3.63) is 63.6 Å². The molecule has 2 amide bonds. The summed E-state index contributed by atoms with van der Waals surface area (Å²) in [6.07, 6.45) is 0. The summed E-state index contributed by atoms with van der Waals surface area (Å²) >= 11 is 12.3. The van der Waals surface area contributed by atoms with Crippen LogP contribution in [0.15, 0.2) is 42.5 Å². The van der Waals surface area contributed by atoms with Crippen LogP contribution < -0.4 is 10.1 Å². The van der Waals surface area contributed by atoms with E-state index < -0.39 is 6.04 Å². The van der Waals surface area contributed by atoms with E-state index in [1.165, 1.54) is 4.90 Å². The minimum absolute atomic E-state index is 0.169. The first-order chi connectivity index (χ1) is 14.2. The van der Waals surface area contributed by atoms with Crippen molar-refractivity contribution in [2.75, 3.05) is 13.2 Å². The summed E-state index contributed by atoms with van der Waals surface area (Å²) in [7, 11) is 0. The summed E-state index contributed by atoms with van der Waals surface area (Å²) in [5, 5.41) is 3.71. The average Bonchev–Trinajstić information content (AvgIpc) is 2.71. The zero-order valence-electron chi connectivity index (χ0n) is 17.7. The molecule has 7 heteroatoms. The second-order valence-corrected chi connectivity index (χ2v) is 8.15. The number of halogens is 2. The molecule has 0 aliphatic carbocycles. The summed E-state index contributed by atoms with van der Waals surface area (Å²) in [6.45, 7) is 8.12. The molecule has 0 aliphatic heterocycles. The number of nitrogens with one attached hydrogen (secondary N) is 1. The van der Waals surface area contributed by atoms with Crippen molar-refractivity contribution in [1.29, 1.82) is 0 Å². The summed E-state index contributed by atoms with van der Waals surface area (Å²) in [5.41, 5.74) is 1.72. The fraction of sp³-hybridized carbons (Fsp3) is 0.391. The fourth-order valence-electron chi connectivity index (χ4n) is 3.05. The molecule has 2 rings (SSSR count). The fourth-order valence-corrected chi connectivity index (χ4v) is 3.52. The Morgan fingerprint density at radius 3 is 2.43 bits per heavy atom. The smallest absolute Gasteiger partial charge is 0.261 e. The molecule has 2 aromatic rings. The largest absolute Gasteiger partial charge is 0.483 e. The van der Waals surface area contributed by atoms with Gasteiger partial charge >= 0.3 is 0 Å². The maximum Gasteiger partial charge on any atom is 0.261 e. The molecule has 0 radical (unpaired) electrons. The normalized spacial score (nSPS) is 11.8. The molecule has 0 spiro atoms. The van der Waals surface area contributed by atoms with E-state index in [0.29, 0.717) is 27.9 Å². The lowest BCUT2D eigenvalue weighted by atomic mass is 10.0. The number of likely N-dealkylation sites (N-methyl/N-ethyl adjacent to an activating group) is 1. The van der Waals surface area contributed by atoms with E-state index in [1.54, 1.807) is 25.1 Å². The number of rotatable bonds is 9. The van der Waals surface area contributed by atoms with Gasteiger partial charge in [0.15, 0.2) is 6.61 Å². The second kappa shape index (κ2) is 11.2. The highest BCUT2D eigenvalue weighted by Crippen LogP contribution is 2.26. The quantitative estimate of drug-likeness (QED) is 0.581. The molecule has 0 aromatic heterocycles. The Labute approximate surface area is 188 Å². The van der Waals surface area contributed by atoms with Gasteiger partial charge in [0.25, 0.3) is 5.91 Å². The van der Waals surface area contributed by atoms with Gasteiger partial charge in [-0.05, 0) is 49.1 Å². The van der Waals surface area contributed by atoms with Crippen LogP contribution in [0.5, 0.6) is 5.75 Å². The highest BCUT2D eigenvalue weighted by Gasteiger charge is 2.27. The maximum absolute atomic E-state index is 13.1. The van der Waals surface area contributed by atoms with Gasteiger partial charge in [-0.25, -0.2) is 0 Å². The maximum atomic E-state index is 13.1. The number of para-hydroxylation sites is 1. The number of hydrogen-bond acceptors (Lipinski definition) is 3. The lowest BCUT2D eigenvalue weighted by Crippen LogP contribution is -2.49. The van der Waals surface area contributed by atoms with E-state index in [9.17, 15) is 9.59 Å². The van der Waals surface area contributed by atoms with Crippen LogP contribution in [0.1, 0.15) is 44.7 Å². The van der Waals surface area contributed by atoms with Gasteiger partial charge in [0.2, 0.25) is 5.91 Å². The number of amides is 2. The van der Waals surface area contributed by atoms with E-state index in [1.807, 2.05) is 31.2 Å². The predicted molar refractivity (Wildman–Crippen MR) is 121 cm³/mol. The Morgan fingerprint density at radius 1 is 1.10 bits per heavy atom. The zero-order chi connectivity index (χ0) is 22.3. The van der Waals surface area contributed by atoms with E-state index in [0.717, 1.165) is 5.56 Å². The van der Waals surface area contributed by atoms with Crippen molar-refractivity contribution >= 4 is 35.0 Å². The molecule has 0 saturated heterocycles. The Balaban J connectivity index is 2.22. The number of carbonyl (C=O) groups excluding carboxylic acids is 2. The van der Waals surface area contributed by atoms with Crippen molar-refractivity contribution in [3.63, 3.8) is 0 Å². The van der Waals surface area contributed by atoms with Crippen molar-refractivity contribution in [2.24, 2.45) is 0 Å². The molecule has 0 bridgehead atoms. The van der Waals surface area contributed by atoms with E-state index in [4.69, 9.17) is 27.9 Å². The van der Waals surface area contributed by atoms with Crippen LogP contribution in [-0.4, -0.2) is 35.9 Å². The minimum atomic E-state index is -0.687. The topological polar surface area (TPSA) is 58.6 Å². The molecule has 30 heavy (non-hydrogen) atoms. The summed E-state index contributed by atoms with van der Waals surface area (Å²) in [6, 6.07) is 12.0. The lowest BCUT2D eigenvalue weighted by Gasteiger charge is -2.29. The molecule has 5 nitrogen and oxygen atoms in total. The first kappa shape index (κ1) is 24.0. The predicted octanol–water partition coefficient (Wildman–Crippen LogP) is 5.05. The van der Waals surface area contributed by atoms with Crippen LogP contribution >= 0.6 is 23.2 Å². The van der Waals surface area contributed by atoms with Gasteiger partial charge in [0.05, 0.1) is 0 Å². The third kappa shape index (κ3) is 6.38. The summed E-state index contributed by atoms with van der Waals surface area (Å²) in [4.78, 5) is 27.0. The third-order valence-electron chi connectivity index (χ3n) is 4.77. The molecule has 1 unspecified atom stereocenters. The molecule has 0 aliphatic rings. The molecule has 2 aromatic carbocycles. The van der Waals surface area contributed by atoms with E-state index in [2.05, 4.69) is 19.2 Å². The number of hydrogen-bond donors (Lipinski definition) is 1. The van der Waals surface area contributed by atoms with Gasteiger partial charge in [0.1, 0.15) is 11.8 Å². The Bertz CT molecular complexity index is 887. The molecular weight excluding hydrogens is 423 g/mol. The molecule has 162 valence electrons. The average molecular weight is 451 g/mol. The number of ether oxygens (including phenoxy) is 1. The zero-order valence-corrected chi connectivity index (χ0v) is 19.3. The van der Waals surface area contributed by atoms with Crippen LogP contribution in [0, 0.1) is 0 Å². The summed E-state index contributed by atoms with van der Waals surface area (Å²) in [5.74, 6) is 0.377. The van der Waals surface area contributed by atoms with Crippen LogP contribution in [0.2, 0.25) is 10.0 Å². The van der Waals surface area contributed by atoms with Gasteiger partial charge in [-0.3, -0.25) is 9.59 Å². The molecule has 1 atom stereocenters. The summed E-state index contributed by atoms with van der Waals surface area (Å²) < 4.78 is 5.84. The Hall–Kier alpha value is -2.24. The first-order valence-electron chi connectivity index (χ1n) is 9.97. The van der Waals surface area contributed by atoms with Crippen molar-refractivity contribution in [1.82, 2.24) is 10.2 Å². The first-order valence-corrected chi connectivity index (χ1v) is 10.7.